The van der Waals surface area contributed by atoms with Crippen molar-refractivity contribution < 1.29 is 22.7 Å². The number of nitrogens with one attached hydrogen (secondary N) is 1. The summed E-state index contributed by atoms with van der Waals surface area (Å²) in [6.07, 6.45) is -2.48. The first-order chi connectivity index (χ1) is 18.0. The summed E-state index contributed by atoms with van der Waals surface area (Å²) >= 11 is 5.75. The number of fused-ring (bicyclic) bond motifs is 1. The quantitative estimate of drug-likeness (QED) is 0.200. The summed E-state index contributed by atoms with van der Waals surface area (Å²) in [6, 6.07) is 13.8. The zero-order valence-electron chi connectivity index (χ0n) is 20.6. The number of rotatable bonds is 8. The van der Waals surface area contributed by atoms with Crippen LogP contribution in [0.1, 0.15) is 27.9 Å². The van der Waals surface area contributed by atoms with Gasteiger partial charge in [0.05, 0.1) is 17.7 Å². The molecule has 1 amide bonds. The highest BCUT2D eigenvalue weighted by atomic mass is 35.5. The van der Waals surface area contributed by atoms with Crippen LogP contribution in [0.5, 0.6) is 5.75 Å². The molecule has 0 aliphatic rings. The molecule has 0 saturated carbocycles. The van der Waals surface area contributed by atoms with Gasteiger partial charge in [0, 0.05) is 42.5 Å². The minimum atomic E-state index is -4.61. The zero-order valence-corrected chi connectivity index (χ0v) is 21.4. The number of nitrogens with two attached hydrogens (primary N) is 1. The van der Waals surface area contributed by atoms with E-state index >= 15 is 0 Å². The second kappa shape index (κ2) is 11.2. The van der Waals surface area contributed by atoms with E-state index in [-0.39, 0.29) is 29.6 Å². The van der Waals surface area contributed by atoms with Gasteiger partial charge >= 0.3 is 6.18 Å². The largest absolute Gasteiger partial charge is 0.493 e. The van der Waals surface area contributed by atoms with Crippen molar-refractivity contribution in [3.8, 4) is 16.9 Å². The molecule has 0 aliphatic carbocycles. The van der Waals surface area contributed by atoms with E-state index in [2.05, 4.69) is 15.3 Å². The Bertz CT molecular complexity index is 1480. The van der Waals surface area contributed by atoms with Gasteiger partial charge in [-0.1, -0.05) is 12.1 Å². The number of aromatic nitrogens is 2. The van der Waals surface area contributed by atoms with Gasteiger partial charge in [-0.3, -0.25) is 4.79 Å². The Morgan fingerprint density at radius 3 is 2.66 bits per heavy atom. The van der Waals surface area contributed by atoms with Crippen molar-refractivity contribution in [1.29, 1.82) is 0 Å². The van der Waals surface area contributed by atoms with Crippen LogP contribution < -0.4 is 15.8 Å². The van der Waals surface area contributed by atoms with Gasteiger partial charge in [-0.25, -0.2) is 14.4 Å². The van der Waals surface area contributed by atoms with Crippen molar-refractivity contribution in [3.63, 3.8) is 0 Å². The summed E-state index contributed by atoms with van der Waals surface area (Å²) in [5, 5.41) is 3.35. The second-order valence-electron chi connectivity index (χ2n) is 8.76. The van der Waals surface area contributed by atoms with Crippen LogP contribution in [0.25, 0.3) is 22.0 Å². The molecule has 1 heterocycles. The number of ether oxygens (including phenoxy) is 1. The number of carbonyl (C=O) groups excluding carboxylic acids is 1. The fourth-order valence-electron chi connectivity index (χ4n) is 3.88. The van der Waals surface area contributed by atoms with Crippen molar-refractivity contribution in [2.24, 2.45) is 0 Å². The molecule has 0 bridgehead atoms. The molecule has 0 saturated heterocycles. The monoisotopic (exact) mass is 543 g/mol. The van der Waals surface area contributed by atoms with Crippen molar-refractivity contribution in [2.45, 2.75) is 19.5 Å². The number of carbonyl (C=O) groups is 1. The number of alkyl halides is 3. The topological polar surface area (TPSA) is 93.4 Å². The molecule has 0 unspecified atom stereocenters. The lowest BCUT2D eigenvalue weighted by molar-refractivity contribution is -0.137. The van der Waals surface area contributed by atoms with E-state index < -0.39 is 17.6 Å². The Hall–Kier alpha value is -3.89. The summed E-state index contributed by atoms with van der Waals surface area (Å²) in [5.74, 6) is -0.390. The van der Waals surface area contributed by atoms with E-state index in [9.17, 15) is 18.0 Å². The Labute approximate surface area is 222 Å². The lowest BCUT2D eigenvalue weighted by atomic mass is 9.97. The van der Waals surface area contributed by atoms with Crippen molar-refractivity contribution in [3.05, 3.63) is 77.5 Å². The normalized spacial score (nSPS) is 11.7. The summed E-state index contributed by atoms with van der Waals surface area (Å²) in [5.41, 5.74) is 8.19. The predicted molar refractivity (Wildman–Crippen MR) is 142 cm³/mol. The lowest BCUT2D eigenvalue weighted by Crippen LogP contribution is -2.14. The molecule has 1 aromatic heterocycles. The van der Waals surface area contributed by atoms with Crippen LogP contribution in [0, 0.1) is 6.92 Å². The Morgan fingerprint density at radius 2 is 1.92 bits per heavy atom. The third-order valence-electron chi connectivity index (χ3n) is 5.78. The smallest absolute Gasteiger partial charge is 0.416 e. The molecular weight excluding hydrogens is 519 g/mol. The highest BCUT2D eigenvalue weighted by Gasteiger charge is 2.31. The molecule has 3 N–H and O–H groups in total. The average molecular weight is 544 g/mol. The lowest BCUT2D eigenvalue weighted by Gasteiger charge is -2.15. The van der Waals surface area contributed by atoms with Gasteiger partial charge in [0.15, 0.2) is 0 Å². The average Bonchev–Trinajstić information content (AvgIpc) is 2.86. The van der Waals surface area contributed by atoms with Crippen LogP contribution in [0.2, 0.25) is 0 Å². The number of aryl methyl sites for hydroxylation is 1. The first-order valence-corrected chi connectivity index (χ1v) is 12.0. The number of hydrogen-bond acceptors (Lipinski definition) is 6. The SMILES string of the molecule is Cc1ccc(C(=O)Nc2cc(OCCCN(C)Cl)cc(C(F)(F)F)c2)cc1-c1ccc2nc(N)ncc2c1. The Morgan fingerprint density at radius 1 is 1.13 bits per heavy atom. The van der Waals surface area contributed by atoms with Crippen LogP contribution in [0.4, 0.5) is 24.8 Å². The van der Waals surface area contributed by atoms with E-state index in [0.717, 1.165) is 34.2 Å². The molecule has 3 aromatic carbocycles. The molecule has 198 valence electrons. The van der Waals surface area contributed by atoms with Gasteiger partial charge in [-0.05, 0) is 78.2 Å². The first kappa shape index (κ1) is 27.2. The van der Waals surface area contributed by atoms with Gasteiger partial charge in [-0.2, -0.15) is 13.2 Å². The third kappa shape index (κ3) is 6.70. The molecule has 0 atom stereocenters. The number of amides is 1. The number of hydrogen-bond donors (Lipinski definition) is 2. The van der Waals surface area contributed by atoms with Crippen LogP contribution in [-0.4, -0.2) is 40.5 Å². The van der Waals surface area contributed by atoms with Crippen LogP contribution in [0.3, 0.4) is 0 Å². The van der Waals surface area contributed by atoms with Crippen LogP contribution in [-0.2, 0) is 6.18 Å². The number of halogens is 4. The highest BCUT2D eigenvalue weighted by molar-refractivity contribution is 6.13. The van der Waals surface area contributed by atoms with Crippen molar-refractivity contribution >= 4 is 40.2 Å². The standard InChI is InChI=1S/C27H25ClF3N5O2/c1-16-4-5-18(11-23(16)17-6-7-24-19(10-17)15-33-26(32)35-24)25(37)34-21-12-20(27(29,30)31)13-22(14-21)38-9-3-8-36(2)28/h4-7,10-15H,3,8-9H2,1-2H3,(H,34,37)(H2,32,33,35). The molecule has 0 radical (unpaired) electrons. The van der Waals surface area contributed by atoms with E-state index in [1.54, 1.807) is 31.4 Å². The van der Waals surface area contributed by atoms with E-state index in [4.69, 9.17) is 22.2 Å². The molecule has 0 aliphatic heterocycles. The molecular formula is C27H25ClF3N5O2. The predicted octanol–water partition coefficient (Wildman–Crippen LogP) is 6.31. The van der Waals surface area contributed by atoms with E-state index in [1.165, 1.54) is 10.5 Å². The third-order valence-corrected chi connectivity index (χ3v) is 5.95. The summed E-state index contributed by atoms with van der Waals surface area (Å²) < 4.78 is 47.5. The molecule has 4 rings (SSSR count). The van der Waals surface area contributed by atoms with Gasteiger partial charge < -0.3 is 15.8 Å². The Kier molecular flexibility index (Phi) is 8.03. The van der Waals surface area contributed by atoms with Gasteiger partial charge in [-0.15, -0.1) is 0 Å². The van der Waals surface area contributed by atoms with Crippen molar-refractivity contribution in [1.82, 2.24) is 14.4 Å². The number of anilines is 2. The molecule has 0 fully saturated rings. The summed E-state index contributed by atoms with van der Waals surface area (Å²) in [6.45, 7) is 2.56. The molecule has 11 heteroatoms. The molecule has 4 aromatic rings. The number of nitrogens with zero attached hydrogens (tertiary/aromatic N) is 3. The molecule has 38 heavy (non-hydrogen) atoms. The van der Waals surface area contributed by atoms with Crippen molar-refractivity contribution in [2.75, 3.05) is 31.2 Å². The van der Waals surface area contributed by atoms with Gasteiger partial charge in [0.2, 0.25) is 5.95 Å². The zero-order chi connectivity index (χ0) is 27.4. The van der Waals surface area contributed by atoms with E-state index in [0.29, 0.717) is 18.5 Å². The minimum absolute atomic E-state index is 0.00374. The first-order valence-electron chi connectivity index (χ1n) is 11.7. The fourth-order valence-corrected chi connectivity index (χ4v) is 4.00. The highest BCUT2D eigenvalue weighted by Crippen LogP contribution is 2.35. The van der Waals surface area contributed by atoms with Gasteiger partial charge in [0.25, 0.3) is 5.91 Å². The number of benzene rings is 3. The fraction of sp³-hybridized carbons (Fsp3) is 0.222. The van der Waals surface area contributed by atoms with Gasteiger partial charge in [0.1, 0.15) is 5.75 Å². The minimum Gasteiger partial charge on any atom is -0.493 e. The Balaban J connectivity index is 1.59. The maximum atomic E-state index is 13.5. The maximum absolute atomic E-state index is 13.5. The van der Waals surface area contributed by atoms with Crippen LogP contribution >= 0.6 is 11.8 Å². The van der Waals surface area contributed by atoms with Crippen LogP contribution in [0.15, 0.2) is 60.8 Å². The maximum Gasteiger partial charge on any atom is 0.416 e. The molecule has 0 spiro atoms. The molecule has 7 nitrogen and oxygen atoms in total. The van der Waals surface area contributed by atoms with E-state index in [1.807, 2.05) is 25.1 Å². The summed E-state index contributed by atoms with van der Waals surface area (Å²) in [4.78, 5) is 21.3. The summed E-state index contributed by atoms with van der Waals surface area (Å²) in [7, 11) is 1.67. The number of nitrogen functional groups attached to an aromatic ring is 1. The second-order valence-corrected chi connectivity index (χ2v) is 9.34.